The minimum absolute atomic E-state index is 0.109. The van der Waals surface area contributed by atoms with Crippen LogP contribution in [0.25, 0.3) is 16.8 Å². The molecule has 36 heavy (non-hydrogen) atoms. The molecular formula is C26H30N8O2. The second-order valence-electron chi connectivity index (χ2n) is 9.15. The lowest BCUT2D eigenvalue weighted by molar-refractivity contribution is 0.197. The van der Waals surface area contributed by atoms with Crippen LogP contribution in [0.3, 0.4) is 0 Å². The summed E-state index contributed by atoms with van der Waals surface area (Å²) in [4.78, 5) is 23.2. The van der Waals surface area contributed by atoms with E-state index in [1.165, 1.54) is 0 Å². The van der Waals surface area contributed by atoms with E-state index in [2.05, 4.69) is 30.8 Å². The Kier molecular flexibility index (Phi) is 7.23. The maximum atomic E-state index is 12.8. The first kappa shape index (κ1) is 24.8. The van der Waals surface area contributed by atoms with Crippen molar-refractivity contribution in [2.75, 3.05) is 19.0 Å². The number of aryl methyl sites for hydroxylation is 1. The number of hydrogen-bond donors (Lipinski definition) is 1. The van der Waals surface area contributed by atoms with E-state index in [0.717, 1.165) is 22.3 Å². The number of carbonyl (C=O) groups is 1. The number of benzene rings is 2. The molecule has 1 atom stereocenters. The summed E-state index contributed by atoms with van der Waals surface area (Å²) in [7, 11) is 3.74. The summed E-state index contributed by atoms with van der Waals surface area (Å²) in [5.74, 6) is 1.79. The van der Waals surface area contributed by atoms with Crippen LogP contribution in [0.1, 0.15) is 49.7 Å². The molecular weight excluding hydrogens is 456 g/mol. The molecule has 0 radical (unpaired) electrons. The highest BCUT2D eigenvalue weighted by Crippen LogP contribution is 2.29. The van der Waals surface area contributed by atoms with E-state index in [0.29, 0.717) is 23.2 Å². The number of nitrogens with one attached hydrogen (secondary N) is 1. The first-order chi connectivity index (χ1) is 17.2. The Hall–Kier alpha value is -4.34. The van der Waals surface area contributed by atoms with Gasteiger partial charge in [-0.25, -0.2) is 14.8 Å². The third-order valence-electron chi connectivity index (χ3n) is 5.63. The van der Waals surface area contributed by atoms with Gasteiger partial charge in [0.25, 0.3) is 0 Å². The van der Waals surface area contributed by atoms with E-state index >= 15 is 0 Å². The molecule has 2 aromatic heterocycles. The molecule has 10 heteroatoms. The number of carbonyl (C=O) groups excluding carboxylic acids is 1. The van der Waals surface area contributed by atoms with Crippen LogP contribution in [-0.4, -0.2) is 50.4 Å². The molecule has 4 rings (SSSR count). The Balaban J connectivity index is 1.61. The third-order valence-corrected chi connectivity index (χ3v) is 5.63. The van der Waals surface area contributed by atoms with Crippen LogP contribution in [-0.2, 0) is 0 Å². The number of amides is 1. The molecule has 0 spiro atoms. The molecule has 1 N–H and O–H groups in total. The Bertz CT molecular complexity index is 1330. The summed E-state index contributed by atoms with van der Waals surface area (Å²) in [6.07, 6.45) is 2.79. The fourth-order valence-corrected chi connectivity index (χ4v) is 3.60. The molecule has 1 amide bonds. The van der Waals surface area contributed by atoms with Crippen molar-refractivity contribution in [2.45, 2.75) is 39.7 Å². The van der Waals surface area contributed by atoms with Crippen molar-refractivity contribution in [1.29, 1.82) is 0 Å². The summed E-state index contributed by atoms with van der Waals surface area (Å²) >= 11 is 0. The number of hydrogen-bond acceptors (Lipinski definition) is 8. The number of nitrogens with zero attached hydrogens (tertiary/aromatic N) is 7. The van der Waals surface area contributed by atoms with Crippen LogP contribution in [0.2, 0.25) is 0 Å². The fraction of sp³-hybridized carbons (Fsp3) is 0.308. The normalized spacial score (nSPS) is 11.9. The zero-order valence-electron chi connectivity index (χ0n) is 21.3. The van der Waals surface area contributed by atoms with E-state index in [1.807, 2.05) is 83.1 Å². The van der Waals surface area contributed by atoms with Gasteiger partial charge in [0.15, 0.2) is 5.82 Å². The number of tetrazole rings is 1. The lowest BCUT2D eigenvalue weighted by Crippen LogP contribution is -2.29. The zero-order chi connectivity index (χ0) is 25.8. The van der Waals surface area contributed by atoms with Gasteiger partial charge in [0.2, 0.25) is 5.95 Å². The van der Waals surface area contributed by atoms with Gasteiger partial charge in [-0.3, -0.25) is 0 Å². The van der Waals surface area contributed by atoms with Crippen LogP contribution in [0, 0.1) is 6.92 Å². The molecule has 0 aliphatic carbocycles. The minimum Gasteiger partial charge on any atom is -0.410 e. The summed E-state index contributed by atoms with van der Waals surface area (Å²) in [5.41, 5.74) is 4.48. The quantitative estimate of drug-likeness (QED) is 0.407. The van der Waals surface area contributed by atoms with Gasteiger partial charge < -0.3 is 15.0 Å². The Morgan fingerprint density at radius 1 is 1.00 bits per heavy atom. The monoisotopic (exact) mass is 486 g/mol. The lowest BCUT2D eigenvalue weighted by Gasteiger charge is -2.16. The number of rotatable bonds is 7. The van der Waals surface area contributed by atoms with Crippen molar-refractivity contribution in [3.05, 3.63) is 71.8 Å². The van der Waals surface area contributed by atoms with E-state index in [4.69, 9.17) is 4.74 Å². The highest BCUT2D eigenvalue weighted by atomic mass is 16.6. The first-order valence-electron chi connectivity index (χ1n) is 11.7. The molecule has 0 aliphatic rings. The minimum atomic E-state index is -0.591. The van der Waals surface area contributed by atoms with Crippen LogP contribution in [0.15, 0.2) is 54.9 Å². The van der Waals surface area contributed by atoms with Gasteiger partial charge in [0.05, 0.1) is 11.7 Å². The van der Waals surface area contributed by atoms with Gasteiger partial charge in [0.1, 0.15) is 5.75 Å². The molecule has 0 bridgehead atoms. The Labute approximate surface area is 210 Å². The number of aromatic nitrogens is 6. The van der Waals surface area contributed by atoms with Gasteiger partial charge in [0, 0.05) is 44.0 Å². The van der Waals surface area contributed by atoms with E-state index in [9.17, 15) is 4.79 Å². The van der Waals surface area contributed by atoms with Crippen molar-refractivity contribution in [3.8, 4) is 22.6 Å². The number of ether oxygens (including phenoxy) is 1. The molecule has 0 saturated heterocycles. The highest BCUT2D eigenvalue weighted by Gasteiger charge is 2.17. The first-order valence-corrected chi connectivity index (χ1v) is 11.7. The smallest absolute Gasteiger partial charge is 0.410 e. The predicted molar refractivity (Wildman–Crippen MR) is 137 cm³/mol. The number of anilines is 1. The van der Waals surface area contributed by atoms with E-state index in [-0.39, 0.29) is 12.0 Å². The topological polar surface area (TPSA) is 111 Å². The second kappa shape index (κ2) is 10.5. The fourth-order valence-electron chi connectivity index (χ4n) is 3.60. The van der Waals surface area contributed by atoms with Gasteiger partial charge in [-0.2, -0.15) is 4.68 Å². The zero-order valence-corrected chi connectivity index (χ0v) is 21.3. The van der Waals surface area contributed by atoms with E-state index < -0.39 is 6.09 Å². The summed E-state index contributed by atoms with van der Waals surface area (Å²) in [6, 6.07) is 13.3. The van der Waals surface area contributed by atoms with Crippen molar-refractivity contribution in [1.82, 2.24) is 35.5 Å². The van der Waals surface area contributed by atoms with Crippen molar-refractivity contribution >= 4 is 12.0 Å². The van der Waals surface area contributed by atoms with E-state index in [1.54, 1.807) is 23.1 Å². The average Bonchev–Trinajstić information content (AvgIpc) is 3.35. The molecule has 186 valence electrons. The molecule has 0 aliphatic heterocycles. The standard InChI is InChI=1S/C26H30N8O2/c1-16(2)24-30-31-32-34(24)22-11-20(19-9-7-17(3)8-10-19)12-23(13-22)36-26(35)29-18(4)21-14-27-25(28-15-21)33(5)6/h7-16,18H,1-6H3,(H,29,35). The maximum Gasteiger partial charge on any atom is 0.413 e. The van der Waals surface area contributed by atoms with Gasteiger partial charge in [-0.1, -0.05) is 43.7 Å². The molecule has 0 saturated carbocycles. The van der Waals surface area contributed by atoms with Crippen LogP contribution in [0.4, 0.5) is 10.7 Å². The molecule has 2 heterocycles. The van der Waals surface area contributed by atoms with Crippen LogP contribution >= 0.6 is 0 Å². The SMILES string of the molecule is Cc1ccc(-c2cc(OC(=O)NC(C)c3cnc(N(C)C)nc3)cc(-n3nnnc3C(C)C)c2)cc1. The summed E-state index contributed by atoms with van der Waals surface area (Å²) in [6.45, 7) is 7.93. The maximum absolute atomic E-state index is 12.8. The Morgan fingerprint density at radius 2 is 1.69 bits per heavy atom. The molecule has 1 unspecified atom stereocenters. The van der Waals surface area contributed by atoms with Gasteiger partial charge in [-0.15, -0.1) is 5.10 Å². The lowest BCUT2D eigenvalue weighted by atomic mass is 10.0. The largest absolute Gasteiger partial charge is 0.413 e. The third kappa shape index (κ3) is 5.65. The summed E-state index contributed by atoms with van der Waals surface area (Å²) < 4.78 is 7.38. The van der Waals surface area contributed by atoms with Crippen molar-refractivity contribution in [3.63, 3.8) is 0 Å². The van der Waals surface area contributed by atoms with Crippen molar-refractivity contribution < 1.29 is 9.53 Å². The van der Waals surface area contributed by atoms with Crippen LogP contribution in [0.5, 0.6) is 5.75 Å². The molecule has 10 nitrogen and oxygen atoms in total. The van der Waals surface area contributed by atoms with Crippen LogP contribution < -0.4 is 15.0 Å². The van der Waals surface area contributed by atoms with Gasteiger partial charge in [-0.05, 0) is 47.5 Å². The summed E-state index contributed by atoms with van der Waals surface area (Å²) in [5, 5.41) is 15.0. The predicted octanol–water partition coefficient (Wildman–Crippen LogP) is 4.47. The van der Waals surface area contributed by atoms with Gasteiger partial charge >= 0.3 is 6.09 Å². The average molecular weight is 487 g/mol. The molecule has 2 aromatic carbocycles. The van der Waals surface area contributed by atoms with Crippen molar-refractivity contribution in [2.24, 2.45) is 0 Å². The molecule has 0 fully saturated rings. The molecule has 4 aromatic rings. The second-order valence-corrected chi connectivity index (χ2v) is 9.15. The Morgan fingerprint density at radius 3 is 2.33 bits per heavy atom. The highest BCUT2D eigenvalue weighted by molar-refractivity contribution is 5.74.